The van der Waals surface area contributed by atoms with E-state index in [4.69, 9.17) is 10.3 Å². The van der Waals surface area contributed by atoms with Crippen LogP contribution in [0.5, 0.6) is 0 Å². The van der Waals surface area contributed by atoms with Gasteiger partial charge >= 0.3 is 0 Å². The Labute approximate surface area is 83.3 Å². The Morgan fingerprint density at radius 3 is 3.14 bits per heavy atom. The molecule has 2 N–H and O–H groups in total. The Morgan fingerprint density at radius 2 is 2.50 bits per heavy atom. The predicted octanol–water partition coefficient (Wildman–Crippen LogP) is 0.338. The quantitative estimate of drug-likeness (QED) is 0.738. The fourth-order valence-corrected chi connectivity index (χ4v) is 1.88. The minimum absolute atomic E-state index is 0.353. The molecule has 5 heteroatoms. The van der Waals surface area contributed by atoms with Gasteiger partial charge in [0.1, 0.15) is 0 Å². The van der Waals surface area contributed by atoms with E-state index in [1.807, 2.05) is 0 Å². The maximum atomic E-state index is 5.42. The molecule has 1 aliphatic heterocycles. The van der Waals surface area contributed by atoms with Crippen LogP contribution in [0.25, 0.3) is 0 Å². The average Bonchev–Trinajstić information content (AvgIpc) is 2.66. The lowest BCUT2D eigenvalue weighted by Crippen LogP contribution is -2.30. The Bertz CT molecular complexity index is 299. The molecule has 0 aliphatic carbocycles. The normalized spacial score (nSPS) is 24.0. The molecule has 1 aromatic rings. The molecule has 1 aliphatic rings. The largest absolute Gasteiger partial charge is 0.339 e. The van der Waals surface area contributed by atoms with E-state index >= 15 is 0 Å². The van der Waals surface area contributed by atoms with Crippen LogP contribution >= 0.6 is 0 Å². The molecule has 78 valence electrons. The highest BCUT2D eigenvalue weighted by Crippen LogP contribution is 2.24. The Hall–Kier alpha value is -0.940. The van der Waals surface area contributed by atoms with E-state index in [1.54, 1.807) is 0 Å². The molecule has 14 heavy (non-hydrogen) atoms. The van der Waals surface area contributed by atoms with Crippen LogP contribution in [0.2, 0.25) is 0 Å². The van der Waals surface area contributed by atoms with E-state index in [2.05, 4.69) is 22.1 Å². The summed E-state index contributed by atoms with van der Waals surface area (Å²) in [7, 11) is 2.12. The first-order valence-corrected chi connectivity index (χ1v) is 5.00. The van der Waals surface area contributed by atoms with Gasteiger partial charge < -0.3 is 15.2 Å². The van der Waals surface area contributed by atoms with Gasteiger partial charge in [-0.2, -0.15) is 4.98 Å². The summed E-state index contributed by atoms with van der Waals surface area (Å²) >= 11 is 0. The highest BCUT2D eigenvalue weighted by Gasteiger charge is 2.23. The van der Waals surface area contributed by atoms with Crippen molar-refractivity contribution in [3.05, 3.63) is 11.7 Å². The van der Waals surface area contributed by atoms with E-state index < -0.39 is 0 Å². The number of likely N-dealkylation sites (tertiary alicyclic amines) is 1. The van der Waals surface area contributed by atoms with Gasteiger partial charge in [0, 0.05) is 6.54 Å². The Balaban J connectivity index is 2.06. The van der Waals surface area contributed by atoms with Gasteiger partial charge in [0.05, 0.1) is 12.5 Å². The summed E-state index contributed by atoms with van der Waals surface area (Å²) in [5, 5.41) is 3.81. The molecule has 1 atom stereocenters. The van der Waals surface area contributed by atoms with E-state index in [1.165, 1.54) is 6.42 Å². The molecule has 5 nitrogen and oxygen atoms in total. The monoisotopic (exact) mass is 196 g/mol. The minimum Gasteiger partial charge on any atom is -0.339 e. The van der Waals surface area contributed by atoms with Crippen LogP contribution in [0.3, 0.4) is 0 Å². The topological polar surface area (TPSA) is 68.2 Å². The zero-order valence-electron chi connectivity index (χ0n) is 8.44. The average molecular weight is 196 g/mol. The first-order chi connectivity index (χ1) is 6.79. The molecule has 2 heterocycles. The third-order valence-electron chi connectivity index (χ3n) is 2.64. The maximum Gasteiger partial charge on any atom is 0.231 e. The van der Waals surface area contributed by atoms with Gasteiger partial charge in [-0.15, -0.1) is 0 Å². The summed E-state index contributed by atoms with van der Waals surface area (Å²) in [4.78, 5) is 6.55. The lowest BCUT2D eigenvalue weighted by atomic mass is 9.98. The molecule has 0 saturated carbocycles. The van der Waals surface area contributed by atoms with Crippen molar-refractivity contribution in [2.75, 3.05) is 20.1 Å². The van der Waals surface area contributed by atoms with E-state index in [-0.39, 0.29) is 0 Å². The number of aromatic nitrogens is 2. The van der Waals surface area contributed by atoms with Crippen molar-refractivity contribution >= 4 is 0 Å². The first kappa shape index (κ1) is 9.61. The first-order valence-electron chi connectivity index (χ1n) is 5.00. The maximum absolute atomic E-state index is 5.42. The lowest BCUT2D eigenvalue weighted by molar-refractivity contribution is 0.220. The summed E-state index contributed by atoms with van der Waals surface area (Å²) < 4.78 is 5.18. The number of hydrogen-bond acceptors (Lipinski definition) is 5. The number of hydrogen-bond donors (Lipinski definition) is 1. The van der Waals surface area contributed by atoms with Crippen molar-refractivity contribution in [3.63, 3.8) is 0 Å². The van der Waals surface area contributed by atoms with Gasteiger partial charge in [-0.3, -0.25) is 0 Å². The molecule has 0 spiro atoms. The standard InChI is InChI=1S/C9H16N4O/c1-13-4-2-3-7(6-13)9-11-8(5-10)12-14-9/h7H,2-6,10H2,1H3. The zero-order valence-corrected chi connectivity index (χ0v) is 8.44. The molecule has 2 rings (SSSR count). The van der Waals surface area contributed by atoms with E-state index in [0.717, 1.165) is 25.4 Å². The van der Waals surface area contributed by atoms with Crippen LogP contribution in [0.4, 0.5) is 0 Å². The zero-order chi connectivity index (χ0) is 9.97. The van der Waals surface area contributed by atoms with Gasteiger partial charge in [0.2, 0.25) is 5.89 Å². The van der Waals surface area contributed by atoms with Crippen molar-refractivity contribution in [2.24, 2.45) is 5.73 Å². The molecule has 0 aromatic carbocycles. The molecule has 1 unspecified atom stereocenters. The van der Waals surface area contributed by atoms with Gasteiger partial charge in [-0.05, 0) is 26.4 Å². The van der Waals surface area contributed by atoms with Crippen LogP contribution in [0.1, 0.15) is 30.5 Å². The smallest absolute Gasteiger partial charge is 0.231 e. The van der Waals surface area contributed by atoms with E-state index in [0.29, 0.717) is 18.3 Å². The third-order valence-corrected chi connectivity index (χ3v) is 2.64. The third kappa shape index (κ3) is 1.93. The van der Waals surface area contributed by atoms with Crippen LogP contribution < -0.4 is 5.73 Å². The van der Waals surface area contributed by atoms with Gasteiger partial charge in [-0.25, -0.2) is 0 Å². The summed E-state index contributed by atoms with van der Waals surface area (Å²) in [6, 6.07) is 0. The van der Waals surface area contributed by atoms with Crippen molar-refractivity contribution < 1.29 is 4.52 Å². The Morgan fingerprint density at radius 1 is 1.64 bits per heavy atom. The summed E-state index contributed by atoms with van der Waals surface area (Å²) in [5.41, 5.74) is 5.42. The summed E-state index contributed by atoms with van der Waals surface area (Å²) in [6.45, 7) is 2.52. The number of nitrogens with two attached hydrogens (primary N) is 1. The fourth-order valence-electron chi connectivity index (χ4n) is 1.88. The van der Waals surface area contributed by atoms with Crippen LogP contribution in [0.15, 0.2) is 4.52 Å². The lowest BCUT2D eigenvalue weighted by Gasteiger charge is -2.27. The number of nitrogens with zero attached hydrogens (tertiary/aromatic N) is 3. The number of piperidine rings is 1. The summed E-state index contributed by atoms with van der Waals surface area (Å²) in [6.07, 6.45) is 2.33. The van der Waals surface area contributed by atoms with Gasteiger partial charge in [0.15, 0.2) is 5.82 Å². The number of rotatable bonds is 2. The minimum atomic E-state index is 0.353. The molecule has 0 amide bonds. The second-order valence-corrected chi connectivity index (χ2v) is 3.85. The molecular weight excluding hydrogens is 180 g/mol. The molecule has 1 aromatic heterocycles. The summed E-state index contributed by atoms with van der Waals surface area (Å²) in [5.74, 6) is 1.74. The van der Waals surface area contributed by atoms with E-state index in [9.17, 15) is 0 Å². The SMILES string of the molecule is CN1CCCC(c2nc(CN)no2)C1. The van der Waals surface area contributed by atoms with Crippen molar-refractivity contribution in [1.29, 1.82) is 0 Å². The highest BCUT2D eigenvalue weighted by molar-refractivity contribution is 4.96. The Kier molecular flexibility index (Phi) is 2.79. The molecule has 0 radical (unpaired) electrons. The van der Waals surface area contributed by atoms with Crippen molar-refractivity contribution in [2.45, 2.75) is 25.3 Å². The predicted molar refractivity (Wildman–Crippen MR) is 51.7 cm³/mol. The van der Waals surface area contributed by atoms with Gasteiger partial charge in [-0.1, -0.05) is 5.16 Å². The molecular formula is C9H16N4O. The molecule has 1 fully saturated rings. The second-order valence-electron chi connectivity index (χ2n) is 3.85. The van der Waals surface area contributed by atoms with Crippen LogP contribution in [-0.4, -0.2) is 35.2 Å². The van der Waals surface area contributed by atoms with Gasteiger partial charge in [0.25, 0.3) is 0 Å². The highest BCUT2D eigenvalue weighted by atomic mass is 16.5. The van der Waals surface area contributed by atoms with Crippen LogP contribution in [0, 0.1) is 0 Å². The van der Waals surface area contributed by atoms with Crippen LogP contribution in [-0.2, 0) is 6.54 Å². The molecule has 1 saturated heterocycles. The van der Waals surface area contributed by atoms with Crippen molar-refractivity contribution in [1.82, 2.24) is 15.0 Å². The second kappa shape index (κ2) is 4.06. The van der Waals surface area contributed by atoms with Crippen molar-refractivity contribution in [3.8, 4) is 0 Å². The number of likely N-dealkylation sites (N-methyl/N-ethyl adjacent to an activating group) is 1. The fraction of sp³-hybridized carbons (Fsp3) is 0.778. The molecule has 0 bridgehead atoms.